The molecule has 1 aromatic carbocycles. The number of benzene rings is 1. The molecule has 0 spiro atoms. The lowest BCUT2D eigenvalue weighted by atomic mass is 9.92. The van der Waals surface area contributed by atoms with E-state index < -0.39 is 0 Å². The maximum absolute atomic E-state index is 5.32. The van der Waals surface area contributed by atoms with Crippen LogP contribution in [-0.4, -0.2) is 18.2 Å². The molecule has 0 saturated carbocycles. The minimum atomic E-state index is 0.759. The third-order valence-electron chi connectivity index (χ3n) is 3.39. The highest BCUT2D eigenvalue weighted by molar-refractivity contribution is 5.79. The second kappa shape index (κ2) is 4.26. The fourth-order valence-corrected chi connectivity index (χ4v) is 2.44. The van der Waals surface area contributed by atoms with Crippen LogP contribution in [0.4, 0.5) is 0 Å². The van der Waals surface area contributed by atoms with Crippen molar-refractivity contribution in [3.8, 4) is 0 Å². The first-order valence-corrected chi connectivity index (χ1v) is 5.97. The van der Waals surface area contributed by atoms with E-state index in [0.29, 0.717) is 0 Å². The minimum absolute atomic E-state index is 0.759. The van der Waals surface area contributed by atoms with Crippen LogP contribution in [0.15, 0.2) is 28.8 Å². The van der Waals surface area contributed by atoms with Gasteiger partial charge in [-0.15, -0.1) is 0 Å². The van der Waals surface area contributed by atoms with Crippen molar-refractivity contribution in [2.45, 2.75) is 19.3 Å². The molecule has 3 nitrogen and oxygen atoms in total. The van der Waals surface area contributed by atoms with Gasteiger partial charge in [-0.1, -0.05) is 17.3 Å². The van der Waals surface area contributed by atoms with Gasteiger partial charge in [-0.25, -0.2) is 0 Å². The van der Waals surface area contributed by atoms with Crippen LogP contribution < -0.4 is 5.32 Å². The van der Waals surface area contributed by atoms with Crippen molar-refractivity contribution in [3.63, 3.8) is 0 Å². The van der Waals surface area contributed by atoms with Gasteiger partial charge in [0.25, 0.3) is 0 Å². The zero-order valence-corrected chi connectivity index (χ0v) is 9.28. The van der Waals surface area contributed by atoms with Crippen LogP contribution in [0.25, 0.3) is 11.0 Å². The summed E-state index contributed by atoms with van der Waals surface area (Å²) >= 11 is 0. The van der Waals surface area contributed by atoms with Crippen LogP contribution in [-0.2, 0) is 6.42 Å². The molecular weight excluding hydrogens is 200 g/mol. The van der Waals surface area contributed by atoms with E-state index in [0.717, 1.165) is 36.7 Å². The van der Waals surface area contributed by atoms with Crippen molar-refractivity contribution in [3.05, 3.63) is 30.0 Å². The molecule has 1 aliphatic heterocycles. The SMILES string of the molecule is c1ccc2c(CC3CCNCC3)noc2c1. The molecule has 0 aliphatic carbocycles. The van der Waals surface area contributed by atoms with Gasteiger partial charge in [-0.2, -0.15) is 0 Å². The smallest absolute Gasteiger partial charge is 0.167 e. The molecule has 1 aliphatic rings. The summed E-state index contributed by atoms with van der Waals surface area (Å²) in [6, 6.07) is 8.11. The number of hydrogen-bond donors (Lipinski definition) is 1. The largest absolute Gasteiger partial charge is 0.356 e. The van der Waals surface area contributed by atoms with Crippen molar-refractivity contribution >= 4 is 11.0 Å². The number of nitrogens with zero attached hydrogens (tertiary/aromatic N) is 1. The Labute approximate surface area is 94.8 Å². The summed E-state index contributed by atoms with van der Waals surface area (Å²) in [6.07, 6.45) is 3.56. The molecule has 1 aromatic heterocycles. The Morgan fingerprint density at radius 1 is 1.25 bits per heavy atom. The Kier molecular flexibility index (Phi) is 2.62. The van der Waals surface area contributed by atoms with Crippen molar-refractivity contribution in [2.75, 3.05) is 13.1 Å². The third kappa shape index (κ3) is 1.83. The van der Waals surface area contributed by atoms with E-state index in [-0.39, 0.29) is 0 Å². The Balaban J connectivity index is 1.83. The second-order valence-electron chi connectivity index (χ2n) is 4.52. The van der Waals surface area contributed by atoms with Gasteiger partial charge >= 0.3 is 0 Å². The first kappa shape index (κ1) is 9.85. The van der Waals surface area contributed by atoms with Gasteiger partial charge in [0.15, 0.2) is 5.58 Å². The Bertz CT molecular complexity index is 471. The number of nitrogens with one attached hydrogen (secondary N) is 1. The van der Waals surface area contributed by atoms with Crippen LogP contribution in [0, 0.1) is 5.92 Å². The van der Waals surface area contributed by atoms with Gasteiger partial charge in [-0.3, -0.25) is 0 Å². The second-order valence-corrected chi connectivity index (χ2v) is 4.52. The number of hydrogen-bond acceptors (Lipinski definition) is 3. The minimum Gasteiger partial charge on any atom is -0.356 e. The first-order chi connectivity index (χ1) is 7.93. The van der Waals surface area contributed by atoms with E-state index in [4.69, 9.17) is 4.52 Å². The topological polar surface area (TPSA) is 38.1 Å². The zero-order chi connectivity index (χ0) is 10.8. The standard InChI is InChI=1S/C13H16N2O/c1-2-4-13-11(3-1)12(15-16-13)9-10-5-7-14-8-6-10/h1-4,10,14H,5-9H2. The number of fused-ring (bicyclic) bond motifs is 1. The summed E-state index contributed by atoms with van der Waals surface area (Å²) in [4.78, 5) is 0. The molecule has 1 saturated heterocycles. The van der Waals surface area contributed by atoms with E-state index in [1.54, 1.807) is 0 Å². The van der Waals surface area contributed by atoms with E-state index in [1.165, 1.54) is 18.2 Å². The van der Waals surface area contributed by atoms with E-state index in [1.807, 2.05) is 18.2 Å². The first-order valence-electron chi connectivity index (χ1n) is 5.97. The van der Waals surface area contributed by atoms with Gasteiger partial charge in [0.2, 0.25) is 0 Å². The highest BCUT2D eigenvalue weighted by Crippen LogP contribution is 2.23. The van der Waals surface area contributed by atoms with E-state index in [9.17, 15) is 0 Å². The number of rotatable bonds is 2. The Morgan fingerprint density at radius 3 is 2.94 bits per heavy atom. The molecule has 1 fully saturated rings. The fourth-order valence-electron chi connectivity index (χ4n) is 2.44. The maximum atomic E-state index is 5.32. The molecule has 16 heavy (non-hydrogen) atoms. The molecule has 0 radical (unpaired) electrons. The molecule has 0 unspecified atom stereocenters. The van der Waals surface area contributed by atoms with Gasteiger partial charge < -0.3 is 9.84 Å². The summed E-state index contributed by atoms with van der Waals surface area (Å²) in [7, 11) is 0. The quantitative estimate of drug-likeness (QED) is 0.837. The van der Waals surface area contributed by atoms with Crippen LogP contribution in [0.3, 0.4) is 0 Å². The zero-order valence-electron chi connectivity index (χ0n) is 9.28. The lowest BCUT2D eigenvalue weighted by Gasteiger charge is -2.21. The van der Waals surface area contributed by atoms with Crippen molar-refractivity contribution in [1.82, 2.24) is 10.5 Å². The van der Waals surface area contributed by atoms with Crippen LogP contribution >= 0.6 is 0 Å². The molecule has 3 heteroatoms. The average molecular weight is 216 g/mol. The molecule has 84 valence electrons. The summed E-state index contributed by atoms with van der Waals surface area (Å²) < 4.78 is 5.32. The number of para-hydroxylation sites is 1. The fraction of sp³-hybridized carbons (Fsp3) is 0.462. The van der Waals surface area contributed by atoms with Gasteiger partial charge in [-0.05, 0) is 50.4 Å². The van der Waals surface area contributed by atoms with Crippen LogP contribution in [0.5, 0.6) is 0 Å². The molecule has 0 bridgehead atoms. The van der Waals surface area contributed by atoms with Crippen molar-refractivity contribution in [1.29, 1.82) is 0 Å². The van der Waals surface area contributed by atoms with Crippen molar-refractivity contribution in [2.24, 2.45) is 5.92 Å². The van der Waals surface area contributed by atoms with Gasteiger partial charge in [0.1, 0.15) is 0 Å². The lowest BCUT2D eigenvalue weighted by molar-refractivity contribution is 0.360. The van der Waals surface area contributed by atoms with E-state index >= 15 is 0 Å². The van der Waals surface area contributed by atoms with Crippen molar-refractivity contribution < 1.29 is 4.52 Å². The highest BCUT2D eigenvalue weighted by atomic mass is 16.5. The van der Waals surface area contributed by atoms with Gasteiger partial charge in [0.05, 0.1) is 5.69 Å². The van der Waals surface area contributed by atoms with Crippen LogP contribution in [0.2, 0.25) is 0 Å². The predicted molar refractivity (Wildman–Crippen MR) is 63.3 cm³/mol. The number of piperidine rings is 1. The molecule has 0 atom stereocenters. The molecular formula is C13H16N2O. The molecule has 0 amide bonds. The Hall–Kier alpha value is -1.35. The highest BCUT2D eigenvalue weighted by Gasteiger charge is 2.17. The third-order valence-corrected chi connectivity index (χ3v) is 3.39. The summed E-state index contributed by atoms with van der Waals surface area (Å²) in [6.45, 7) is 2.28. The molecule has 3 rings (SSSR count). The van der Waals surface area contributed by atoms with Gasteiger partial charge in [0, 0.05) is 5.39 Å². The summed E-state index contributed by atoms with van der Waals surface area (Å²) in [5.41, 5.74) is 2.04. The monoisotopic (exact) mass is 216 g/mol. The lowest BCUT2D eigenvalue weighted by Crippen LogP contribution is -2.28. The molecule has 2 aromatic rings. The van der Waals surface area contributed by atoms with E-state index in [2.05, 4.69) is 16.5 Å². The number of aromatic nitrogens is 1. The predicted octanol–water partition coefficient (Wildman–Crippen LogP) is 2.37. The summed E-state index contributed by atoms with van der Waals surface area (Å²) in [5, 5.41) is 8.76. The normalized spacial score (nSPS) is 18.0. The maximum Gasteiger partial charge on any atom is 0.167 e. The average Bonchev–Trinajstić information content (AvgIpc) is 2.74. The summed E-state index contributed by atoms with van der Waals surface area (Å²) in [5.74, 6) is 0.759. The van der Waals surface area contributed by atoms with Crippen LogP contribution in [0.1, 0.15) is 18.5 Å². The molecule has 1 N–H and O–H groups in total. The molecule has 2 heterocycles. The Morgan fingerprint density at radius 2 is 2.06 bits per heavy atom.